The lowest BCUT2D eigenvalue weighted by Gasteiger charge is -2.30. The van der Waals surface area contributed by atoms with E-state index in [0.717, 1.165) is 43.1 Å². The van der Waals surface area contributed by atoms with E-state index in [1.54, 1.807) is 6.92 Å². The van der Waals surface area contributed by atoms with Crippen LogP contribution in [0.25, 0.3) is 43.1 Å². The number of aliphatic hydroxyl groups is 1. The number of rotatable bonds is 4. The molecule has 0 aliphatic carbocycles. The minimum atomic E-state index is -2.01. The number of carbonyl (C=O) groups is 1. The van der Waals surface area contributed by atoms with Gasteiger partial charge in [-0.2, -0.15) is 0 Å². The van der Waals surface area contributed by atoms with Crippen LogP contribution in [0.15, 0.2) is 109 Å². The maximum Gasteiger partial charge on any atom is 0.347 e. The first kappa shape index (κ1) is 21.3. The second kappa shape index (κ2) is 8.23. The molecule has 0 aliphatic rings. The first-order valence-corrected chi connectivity index (χ1v) is 11.8. The molecule has 0 radical (unpaired) electrons. The molecule has 0 unspecified atom stereocenters. The van der Waals surface area contributed by atoms with Gasteiger partial charge in [0.2, 0.25) is 5.60 Å². The maximum absolute atomic E-state index is 13.8. The summed E-state index contributed by atoms with van der Waals surface area (Å²) in [6.45, 7) is 1.92. The molecule has 0 spiro atoms. The van der Waals surface area contributed by atoms with Gasteiger partial charge in [-0.25, -0.2) is 4.79 Å². The third kappa shape index (κ3) is 3.20. The van der Waals surface area contributed by atoms with E-state index in [1.165, 1.54) is 0 Å². The fraction of sp³-hybridized carbons (Fsp3) is 0.0938. The highest BCUT2D eigenvalue weighted by Gasteiger charge is 2.44. The minimum absolute atomic E-state index is 0.165. The fourth-order valence-corrected chi connectivity index (χ4v) is 5.31. The van der Waals surface area contributed by atoms with Crippen molar-refractivity contribution in [2.75, 3.05) is 6.61 Å². The Bertz CT molecular complexity index is 1630. The van der Waals surface area contributed by atoms with Crippen molar-refractivity contribution in [1.82, 2.24) is 0 Å². The summed E-state index contributed by atoms with van der Waals surface area (Å²) >= 11 is 0. The average Bonchev–Trinajstić information content (AvgIpc) is 2.92. The van der Waals surface area contributed by atoms with Gasteiger partial charge in [0, 0.05) is 11.1 Å². The molecule has 170 valence electrons. The predicted octanol–water partition coefficient (Wildman–Crippen LogP) is 7.10. The van der Waals surface area contributed by atoms with Gasteiger partial charge in [0.15, 0.2) is 0 Å². The van der Waals surface area contributed by atoms with Gasteiger partial charge in [0.05, 0.1) is 6.61 Å². The summed E-state index contributed by atoms with van der Waals surface area (Å²) in [6, 6.07) is 35.8. The van der Waals surface area contributed by atoms with Crippen LogP contribution in [0.2, 0.25) is 0 Å². The van der Waals surface area contributed by atoms with Gasteiger partial charge in [0.25, 0.3) is 0 Å². The molecule has 0 aliphatic heterocycles. The second-order valence-corrected chi connectivity index (χ2v) is 8.81. The van der Waals surface area contributed by atoms with Crippen LogP contribution in [0.1, 0.15) is 18.1 Å². The summed E-state index contributed by atoms with van der Waals surface area (Å²) in [5.74, 6) is -0.680. The van der Waals surface area contributed by atoms with Crippen LogP contribution < -0.4 is 0 Å². The van der Waals surface area contributed by atoms with E-state index >= 15 is 0 Å². The van der Waals surface area contributed by atoms with Crippen LogP contribution in [-0.4, -0.2) is 17.7 Å². The van der Waals surface area contributed by atoms with Crippen molar-refractivity contribution in [2.24, 2.45) is 0 Å². The van der Waals surface area contributed by atoms with Crippen LogP contribution in [0, 0.1) is 0 Å². The van der Waals surface area contributed by atoms with Gasteiger partial charge in [-0.05, 0) is 62.1 Å². The molecule has 0 aromatic heterocycles. The number of fused-ring (bicyclic) bond motifs is 6. The lowest BCUT2D eigenvalue weighted by Crippen LogP contribution is -2.39. The molecule has 3 heteroatoms. The molecule has 6 aromatic rings. The number of hydrogen-bond donors (Lipinski definition) is 1. The van der Waals surface area contributed by atoms with E-state index in [4.69, 9.17) is 4.74 Å². The topological polar surface area (TPSA) is 46.5 Å². The van der Waals surface area contributed by atoms with Crippen molar-refractivity contribution in [3.05, 3.63) is 120 Å². The number of ether oxygens (including phenoxy) is 1. The number of benzene rings is 6. The standard InChI is InChI=1S/C32H24O3/c1-2-35-31(33)32(34,29-19-21-11-3-5-13-23(21)25-15-7-9-17-27(25)29)30-20-22-12-4-6-14-24(22)26-16-8-10-18-28(26)30/h3-20,34H,2H2,1H3. The maximum atomic E-state index is 13.8. The van der Waals surface area contributed by atoms with Crippen LogP contribution >= 0.6 is 0 Å². The smallest absolute Gasteiger partial charge is 0.347 e. The Morgan fingerprint density at radius 1 is 0.629 bits per heavy atom. The average molecular weight is 457 g/mol. The summed E-state index contributed by atoms with van der Waals surface area (Å²) in [6.07, 6.45) is 0. The zero-order chi connectivity index (χ0) is 24.0. The normalized spacial score (nSPS) is 11.9. The Morgan fingerprint density at radius 3 is 1.43 bits per heavy atom. The van der Waals surface area contributed by atoms with Crippen molar-refractivity contribution < 1.29 is 14.6 Å². The van der Waals surface area contributed by atoms with Crippen LogP contribution in [0.5, 0.6) is 0 Å². The van der Waals surface area contributed by atoms with Gasteiger partial charge in [0.1, 0.15) is 0 Å². The van der Waals surface area contributed by atoms with Gasteiger partial charge in [-0.1, -0.05) is 97.1 Å². The third-order valence-corrected chi connectivity index (χ3v) is 6.89. The van der Waals surface area contributed by atoms with E-state index in [0.29, 0.717) is 11.1 Å². The molecule has 0 saturated heterocycles. The zero-order valence-electron chi connectivity index (χ0n) is 19.4. The van der Waals surface area contributed by atoms with E-state index in [1.807, 2.05) is 97.1 Å². The minimum Gasteiger partial charge on any atom is -0.463 e. The molecule has 35 heavy (non-hydrogen) atoms. The monoisotopic (exact) mass is 456 g/mol. The van der Waals surface area contributed by atoms with E-state index in [-0.39, 0.29) is 6.61 Å². The molecule has 0 heterocycles. The fourth-order valence-electron chi connectivity index (χ4n) is 5.31. The van der Waals surface area contributed by atoms with Gasteiger partial charge in [-0.3, -0.25) is 0 Å². The summed E-state index contributed by atoms with van der Waals surface area (Å²) in [5.41, 5.74) is -0.972. The van der Waals surface area contributed by atoms with E-state index < -0.39 is 11.6 Å². The predicted molar refractivity (Wildman–Crippen MR) is 143 cm³/mol. The van der Waals surface area contributed by atoms with Crippen molar-refractivity contribution in [3.8, 4) is 0 Å². The SMILES string of the molecule is CCOC(=O)C(O)(c1cc2ccccc2c2ccccc12)c1cc2ccccc2c2ccccc12. The molecule has 6 rings (SSSR count). The molecule has 6 aromatic carbocycles. The molecular weight excluding hydrogens is 432 g/mol. The molecule has 0 saturated carbocycles. The van der Waals surface area contributed by atoms with Crippen molar-refractivity contribution in [3.63, 3.8) is 0 Å². The second-order valence-electron chi connectivity index (χ2n) is 8.81. The highest BCUT2D eigenvalue weighted by Crippen LogP contribution is 2.43. The van der Waals surface area contributed by atoms with E-state index in [9.17, 15) is 9.90 Å². The zero-order valence-corrected chi connectivity index (χ0v) is 19.4. The Hall–Kier alpha value is -4.21. The van der Waals surface area contributed by atoms with Crippen LogP contribution in [0.4, 0.5) is 0 Å². The highest BCUT2D eigenvalue weighted by molar-refractivity contribution is 6.14. The quantitative estimate of drug-likeness (QED) is 0.227. The van der Waals surface area contributed by atoms with Crippen LogP contribution in [0.3, 0.4) is 0 Å². The summed E-state index contributed by atoms with van der Waals surface area (Å²) < 4.78 is 5.55. The molecule has 0 amide bonds. The van der Waals surface area contributed by atoms with Crippen LogP contribution in [-0.2, 0) is 15.1 Å². The number of carbonyl (C=O) groups excluding carboxylic acids is 1. The summed E-state index contributed by atoms with van der Waals surface area (Å²) in [7, 11) is 0. The van der Waals surface area contributed by atoms with Crippen molar-refractivity contribution in [1.29, 1.82) is 0 Å². The Kier molecular flexibility index (Phi) is 5.01. The Balaban J connectivity index is 1.79. The van der Waals surface area contributed by atoms with Gasteiger partial charge >= 0.3 is 5.97 Å². The molecule has 3 nitrogen and oxygen atoms in total. The summed E-state index contributed by atoms with van der Waals surface area (Å²) in [4.78, 5) is 13.8. The molecule has 1 N–H and O–H groups in total. The number of esters is 1. The molecule has 0 fully saturated rings. The highest BCUT2D eigenvalue weighted by atomic mass is 16.5. The first-order chi connectivity index (χ1) is 17.1. The molecule has 0 atom stereocenters. The Morgan fingerprint density at radius 2 is 1.00 bits per heavy atom. The number of hydrogen-bond acceptors (Lipinski definition) is 3. The van der Waals surface area contributed by atoms with Crippen molar-refractivity contribution in [2.45, 2.75) is 12.5 Å². The van der Waals surface area contributed by atoms with Gasteiger partial charge < -0.3 is 9.84 Å². The molecule has 0 bridgehead atoms. The van der Waals surface area contributed by atoms with Gasteiger partial charge in [-0.15, -0.1) is 0 Å². The lowest BCUT2D eigenvalue weighted by molar-refractivity contribution is -0.161. The third-order valence-electron chi connectivity index (χ3n) is 6.89. The van der Waals surface area contributed by atoms with E-state index in [2.05, 4.69) is 12.1 Å². The lowest BCUT2D eigenvalue weighted by atomic mass is 9.79. The Labute approximate surface area is 203 Å². The largest absolute Gasteiger partial charge is 0.463 e. The van der Waals surface area contributed by atoms with Crippen molar-refractivity contribution >= 4 is 49.1 Å². The first-order valence-electron chi connectivity index (χ1n) is 11.8. The summed E-state index contributed by atoms with van der Waals surface area (Å²) in [5, 5.41) is 20.2. The molecular formula is C32H24O3.